The van der Waals surface area contributed by atoms with Crippen molar-refractivity contribution in [3.8, 4) is 11.3 Å². The van der Waals surface area contributed by atoms with Gasteiger partial charge in [-0.2, -0.15) is 4.98 Å². The average molecular weight is 306 g/mol. The quantitative estimate of drug-likeness (QED) is 0.616. The molecule has 0 spiro atoms. The van der Waals surface area contributed by atoms with Crippen molar-refractivity contribution in [2.75, 3.05) is 11.9 Å². The number of nitrogens with zero attached hydrogens (tertiary/aromatic N) is 3. The van der Waals surface area contributed by atoms with Gasteiger partial charge in [0, 0.05) is 24.5 Å². The van der Waals surface area contributed by atoms with Crippen LogP contribution in [0.2, 0.25) is 0 Å². The number of aryl methyl sites for hydroxylation is 1. The SMILES string of the molecule is CCNc1nc2cc(-c3cn4ccc(CC)cc4n3)ccc2o1. The molecule has 3 heterocycles. The summed E-state index contributed by atoms with van der Waals surface area (Å²) in [4.78, 5) is 9.19. The van der Waals surface area contributed by atoms with Crippen molar-refractivity contribution in [3.05, 3.63) is 48.3 Å². The second-order valence-corrected chi connectivity index (χ2v) is 5.51. The van der Waals surface area contributed by atoms with E-state index < -0.39 is 0 Å². The molecule has 0 fully saturated rings. The minimum atomic E-state index is 0.558. The van der Waals surface area contributed by atoms with Crippen LogP contribution in [0.1, 0.15) is 19.4 Å². The van der Waals surface area contributed by atoms with E-state index in [1.165, 1.54) is 5.56 Å². The molecule has 0 aliphatic carbocycles. The van der Waals surface area contributed by atoms with Crippen LogP contribution in [-0.2, 0) is 6.42 Å². The Balaban J connectivity index is 1.78. The first kappa shape index (κ1) is 13.8. The zero-order valence-electron chi connectivity index (χ0n) is 13.2. The maximum Gasteiger partial charge on any atom is 0.295 e. The molecule has 1 N–H and O–H groups in total. The predicted octanol–water partition coefficient (Wildman–Crippen LogP) is 4.14. The van der Waals surface area contributed by atoms with Crippen LogP contribution in [0.25, 0.3) is 28.0 Å². The van der Waals surface area contributed by atoms with Crippen LogP contribution >= 0.6 is 0 Å². The predicted molar refractivity (Wildman–Crippen MR) is 91.7 cm³/mol. The molecule has 0 aliphatic heterocycles. The van der Waals surface area contributed by atoms with Gasteiger partial charge in [-0.15, -0.1) is 0 Å². The van der Waals surface area contributed by atoms with Gasteiger partial charge in [0.15, 0.2) is 5.58 Å². The second-order valence-electron chi connectivity index (χ2n) is 5.51. The number of hydrogen-bond acceptors (Lipinski definition) is 4. The lowest BCUT2D eigenvalue weighted by molar-refractivity contribution is 0.616. The smallest absolute Gasteiger partial charge is 0.295 e. The molecule has 5 nitrogen and oxygen atoms in total. The van der Waals surface area contributed by atoms with Gasteiger partial charge in [-0.1, -0.05) is 6.92 Å². The molecule has 23 heavy (non-hydrogen) atoms. The van der Waals surface area contributed by atoms with E-state index in [4.69, 9.17) is 9.40 Å². The van der Waals surface area contributed by atoms with Gasteiger partial charge in [0.1, 0.15) is 11.2 Å². The zero-order chi connectivity index (χ0) is 15.8. The Morgan fingerprint density at radius 1 is 1.13 bits per heavy atom. The lowest BCUT2D eigenvalue weighted by Crippen LogP contribution is -1.95. The summed E-state index contributed by atoms with van der Waals surface area (Å²) in [5.74, 6) is 0. The molecule has 5 heteroatoms. The fourth-order valence-corrected chi connectivity index (χ4v) is 2.70. The van der Waals surface area contributed by atoms with Crippen molar-refractivity contribution in [2.45, 2.75) is 20.3 Å². The van der Waals surface area contributed by atoms with Gasteiger partial charge in [0.25, 0.3) is 6.01 Å². The summed E-state index contributed by atoms with van der Waals surface area (Å²) in [6, 6.07) is 10.8. The van der Waals surface area contributed by atoms with Crippen molar-refractivity contribution in [1.82, 2.24) is 14.4 Å². The monoisotopic (exact) mass is 306 g/mol. The molecule has 4 aromatic rings. The Kier molecular flexibility index (Phi) is 3.26. The summed E-state index contributed by atoms with van der Waals surface area (Å²) >= 11 is 0. The van der Waals surface area contributed by atoms with Crippen molar-refractivity contribution >= 4 is 22.8 Å². The summed E-state index contributed by atoms with van der Waals surface area (Å²) < 4.78 is 7.69. The van der Waals surface area contributed by atoms with Crippen LogP contribution in [0.3, 0.4) is 0 Å². The lowest BCUT2D eigenvalue weighted by atomic mass is 10.1. The van der Waals surface area contributed by atoms with E-state index >= 15 is 0 Å². The number of aromatic nitrogens is 3. The molecule has 0 aliphatic rings. The molecule has 0 radical (unpaired) electrons. The highest BCUT2D eigenvalue weighted by Gasteiger charge is 2.09. The standard InChI is InChI=1S/C18H18N4O/c1-3-12-7-8-22-11-15(20-17(22)9-12)13-5-6-16-14(10-13)21-18(23-16)19-4-2/h5-11H,3-4H2,1-2H3,(H,19,21). The third-order valence-electron chi connectivity index (χ3n) is 3.94. The molecule has 4 rings (SSSR count). The molecule has 0 saturated heterocycles. The Morgan fingerprint density at radius 2 is 2.04 bits per heavy atom. The number of hydrogen-bond donors (Lipinski definition) is 1. The lowest BCUT2D eigenvalue weighted by Gasteiger charge is -1.96. The van der Waals surface area contributed by atoms with Gasteiger partial charge in [-0.3, -0.25) is 0 Å². The van der Waals surface area contributed by atoms with Crippen LogP contribution < -0.4 is 5.32 Å². The van der Waals surface area contributed by atoms with E-state index in [1.807, 2.05) is 35.7 Å². The van der Waals surface area contributed by atoms with Crippen LogP contribution in [0.4, 0.5) is 6.01 Å². The van der Waals surface area contributed by atoms with Gasteiger partial charge >= 0.3 is 0 Å². The molecule has 0 amide bonds. The topological polar surface area (TPSA) is 55.4 Å². The van der Waals surface area contributed by atoms with Crippen molar-refractivity contribution < 1.29 is 4.42 Å². The van der Waals surface area contributed by atoms with Gasteiger partial charge in [0.05, 0.1) is 5.69 Å². The molecule has 0 saturated carbocycles. The number of fused-ring (bicyclic) bond motifs is 2. The number of nitrogens with one attached hydrogen (secondary N) is 1. The first-order chi connectivity index (χ1) is 11.3. The van der Waals surface area contributed by atoms with Crippen LogP contribution in [-0.4, -0.2) is 20.9 Å². The van der Waals surface area contributed by atoms with Crippen LogP contribution in [0, 0.1) is 0 Å². The highest BCUT2D eigenvalue weighted by atomic mass is 16.4. The van der Waals surface area contributed by atoms with E-state index in [-0.39, 0.29) is 0 Å². The summed E-state index contributed by atoms with van der Waals surface area (Å²) in [5.41, 5.74) is 5.85. The van der Waals surface area contributed by atoms with Gasteiger partial charge in [-0.25, -0.2) is 4.98 Å². The Hall–Kier alpha value is -2.82. The Labute approximate surface area is 134 Å². The van der Waals surface area contributed by atoms with Gasteiger partial charge in [-0.05, 0) is 49.2 Å². The Morgan fingerprint density at radius 3 is 2.87 bits per heavy atom. The molecule has 116 valence electrons. The van der Waals surface area contributed by atoms with E-state index in [0.29, 0.717) is 6.01 Å². The van der Waals surface area contributed by atoms with Gasteiger partial charge < -0.3 is 14.1 Å². The molecule has 0 atom stereocenters. The summed E-state index contributed by atoms with van der Waals surface area (Å²) in [5, 5.41) is 3.09. The highest BCUT2D eigenvalue weighted by molar-refractivity contribution is 5.81. The number of rotatable bonds is 4. The third kappa shape index (κ3) is 2.44. The first-order valence-corrected chi connectivity index (χ1v) is 7.89. The summed E-state index contributed by atoms with van der Waals surface area (Å²) in [6.07, 6.45) is 5.11. The van der Waals surface area contributed by atoms with Crippen LogP contribution in [0.15, 0.2) is 47.1 Å². The first-order valence-electron chi connectivity index (χ1n) is 7.89. The van der Waals surface area contributed by atoms with E-state index in [9.17, 15) is 0 Å². The second kappa shape index (κ2) is 5.43. The molecular weight excluding hydrogens is 288 g/mol. The number of benzene rings is 1. The molecule has 0 unspecified atom stereocenters. The van der Waals surface area contributed by atoms with E-state index in [0.717, 1.165) is 41.0 Å². The minimum absolute atomic E-state index is 0.558. The summed E-state index contributed by atoms with van der Waals surface area (Å²) in [6.45, 7) is 4.95. The van der Waals surface area contributed by atoms with Crippen molar-refractivity contribution in [2.24, 2.45) is 0 Å². The number of oxazole rings is 1. The number of imidazole rings is 1. The molecule has 0 bridgehead atoms. The fourth-order valence-electron chi connectivity index (χ4n) is 2.70. The molecular formula is C18H18N4O. The third-order valence-corrected chi connectivity index (χ3v) is 3.94. The number of anilines is 1. The molecule has 3 aromatic heterocycles. The maximum atomic E-state index is 5.64. The van der Waals surface area contributed by atoms with Crippen molar-refractivity contribution in [3.63, 3.8) is 0 Å². The van der Waals surface area contributed by atoms with E-state index in [2.05, 4.69) is 35.6 Å². The molecule has 1 aromatic carbocycles. The summed E-state index contributed by atoms with van der Waals surface area (Å²) in [7, 11) is 0. The normalized spacial score (nSPS) is 11.4. The van der Waals surface area contributed by atoms with Gasteiger partial charge in [0.2, 0.25) is 0 Å². The highest BCUT2D eigenvalue weighted by Crippen LogP contribution is 2.26. The average Bonchev–Trinajstić information content (AvgIpc) is 3.16. The maximum absolute atomic E-state index is 5.64. The zero-order valence-corrected chi connectivity index (χ0v) is 13.2. The van der Waals surface area contributed by atoms with Crippen molar-refractivity contribution in [1.29, 1.82) is 0 Å². The number of pyridine rings is 1. The van der Waals surface area contributed by atoms with Crippen LogP contribution in [0.5, 0.6) is 0 Å². The van der Waals surface area contributed by atoms with E-state index in [1.54, 1.807) is 0 Å². The fraction of sp³-hybridized carbons (Fsp3) is 0.222. The minimum Gasteiger partial charge on any atom is -0.424 e. The largest absolute Gasteiger partial charge is 0.424 e. The Bertz CT molecular complexity index is 983.